The van der Waals surface area contributed by atoms with Crippen LogP contribution in [0, 0.1) is 0 Å². The van der Waals surface area contributed by atoms with Crippen LogP contribution in [0.15, 0.2) is 12.2 Å². The van der Waals surface area contributed by atoms with Gasteiger partial charge >= 0.3 is 0 Å². The Balaban J connectivity index is 3.70. The van der Waals surface area contributed by atoms with Gasteiger partial charge < -0.3 is 4.74 Å². The lowest BCUT2D eigenvalue weighted by Crippen LogP contribution is -2.25. The van der Waals surface area contributed by atoms with Gasteiger partial charge in [0.15, 0.2) is 0 Å². The van der Waals surface area contributed by atoms with Crippen LogP contribution in [0.25, 0.3) is 0 Å². The van der Waals surface area contributed by atoms with E-state index in [4.69, 9.17) is 26.9 Å². The molecule has 12 heavy (non-hydrogen) atoms. The van der Waals surface area contributed by atoms with Crippen molar-refractivity contribution in [1.82, 2.24) is 0 Å². The van der Waals surface area contributed by atoms with Crippen molar-refractivity contribution >= 4 is 29.6 Å². The highest BCUT2D eigenvalue weighted by atomic mass is 35.7. The zero-order valence-electron chi connectivity index (χ0n) is 7.65. The maximum absolute atomic E-state index is 5.86. The largest absolute Gasteiger partial charge is 0.375 e. The maximum atomic E-state index is 5.86. The monoisotopic (exact) mass is 226 g/mol. The van der Waals surface area contributed by atoms with Gasteiger partial charge in [0.25, 0.3) is 7.42 Å². The Kier molecular flexibility index (Phi) is 7.24. The molecule has 0 fully saturated rings. The summed E-state index contributed by atoms with van der Waals surface area (Å²) in [6.07, 6.45) is 2.01. The van der Waals surface area contributed by atoms with Crippen LogP contribution in [-0.4, -0.2) is 19.8 Å². The van der Waals surface area contributed by atoms with E-state index in [0.717, 1.165) is 18.4 Å². The Morgan fingerprint density at radius 1 is 1.58 bits per heavy atom. The topological polar surface area (TPSA) is 9.23 Å². The van der Waals surface area contributed by atoms with Gasteiger partial charge in [-0.15, -0.1) is 22.2 Å². The van der Waals surface area contributed by atoms with Crippen molar-refractivity contribution in [3.05, 3.63) is 12.2 Å². The summed E-state index contributed by atoms with van der Waals surface area (Å²) in [5, 5.41) is 0. The Labute approximate surface area is 85.7 Å². The van der Waals surface area contributed by atoms with E-state index >= 15 is 0 Å². The fraction of sp³-hybridized carbons (Fsp3) is 0.750. The summed E-state index contributed by atoms with van der Waals surface area (Å²) in [7, 11) is -1.68. The van der Waals surface area contributed by atoms with E-state index in [9.17, 15) is 0 Å². The molecule has 0 spiro atoms. The molecule has 1 nitrogen and oxygen atoms in total. The Morgan fingerprint density at radius 2 is 2.17 bits per heavy atom. The summed E-state index contributed by atoms with van der Waals surface area (Å²) in [4.78, 5) is 0. The van der Waals surface area contributed by atoms with Gasteiger partial charge in [0.1, 0.15) is 0 Å². The predicted molar refractivity (Wildman–Crippen MR) is 58.3 cm³/mol. The molecule has 0 aliphatic rings. The van der Waals surface area contributed by atoms with Gasteiger partial charge in [-0.05, 0) is 13.3 Å². The van der Waals surface area contributed by atoms with Gasteiger partial charge in [-0.2, -0.15) is 0 Å². The second-order valence-corrected chi connectivity index (χ2v) is 7.83. The van der Waals surface area contributed by atoms with Gasteiger partial charge in [0.2, 0.25) is 0 Å². The molecule has 0 aliphatic heterocycles. The average molecular weight is 227 g/mol. The molecule has 1 atom stereocenters. The fourth-order valence-electron chi connectivity index (χ4n) is 0.816. The molecule has 0 radical (unpaired) electrons. The van der Waals surface area contributed by atoms with E-state index < -0.39 is 7.42 Å². The molecule has 0 aromatic heterocycles. The number of ether oxygens (including phenoxy) is 1. The third-order valence-corrected chi connectivity index (χ3v) is 4.17. The van der Waals surface area contributed by atoms with Crippen LogP contribution in [0.1, 0.15) is 26.7 Å². The van der Waals surface area contributed by atoms with Gasteiger partial charge in [-0.1, -0.05) is 25.5 Å². The van der Waals surface area contributed by atoms with Crippen molar-refractivity contribution < 1.29 is 4.74 Å². The minimum absolute atomic E-state index is 0.0787. The van der Waals surface area contributed by atoms with Crippen LogP contribution in [0.2, 0.25) is 0 Å². The molecule has 0 heterocycles. The summed E-state index contributed by atoms with van der Waals surface area (Å²) < 4.78 is 5.50. The van der Waals surface area contributed by atoms with Gasteiger partial charge in [-0.25, -0.2) is 0 Å². The van der Waals surface area contributed by atoms with Crippen molar-refractivity contribution in [2.45, 2.75) is 32.4 Å². The lowest BCUT2D eigenvalue weighted by Gasteiger charge is -2.16. The highest BCUT2D eigenvalue weighted by molar-refractivity contribution is 7.34. The van der Waals surface area contributed by atoms with Crippen LogP contribution in [-0.2, 0) is 4.74 Å². The molecular formula is C8H16Cl2OSi. The number of rotatable bonds is 6. The highest BCUT2D eigenvalue weighted by Gasteiger charge is 2.18. The quantitative estimate of drug-likeness (QED) is 0.385. The molecule has 0 bridgehead atoms. The van der Waals surface area contributed by atoms with Crippen LogP contribution >= 0.6 is 22.2 Å². The third-order valence-electron chi connectivity index (χ3n) is 1.40. The van der Waals surface area contributed by atoms with Crippen molar-refractivity contribution in [1.29, 1.82) is 0 Å². The molecule has 0 aromatic rings. The molecule has 0 saturated carbocycles. The Bertz CT molecular complexity index is 139. The van der Waals surface area contributed by atoms with Crippen molar-refractivity contribution in [2.24, 2.45) is 0 Å². The lowest BCUT2D eigenvalue weighted by molar-refractivity contribution is 0.119. The molecule has 0 rings (SSSR count). The zero-order chi connectivity index (χ0) is 9.56. The minimum Gasteiger partial charge on any atom is -0.375 e. The molecule has 1 unspecified atom stereocenters. The standard InChI is InChI=1S/C8H16Cl2OSi/c1-4-5-8(12(9)10)11-6-7(2)3/h8,12H,2,4-6H2,1,3H3. The second-order valence-electron chi connectivity index (χ2n) is 2.93. The summed E-state index contributed by atoms with van der Waals surface area (Å²) in [6, 6.07) is 0. The molecular weight excluding hydrogens is 211 g/mol. The smallest absolute Gasteiger partial charge is 0.264 e. The number of halogens is 2. The molecule has 4 heteroatoms. The normalized spacial score (nSPS) is 13.4. The molecule has 0 aliphatic carbocycles. The van der Waals surface area contributed by atoms with E-state index in [1.165, 1.54) is 0 Å². The highest BCUT2D eigenvalue weighted by Crippen LogP contribution is 2.13. The van der Waals surface area contributed by atoms with Crippen LogP contribution in [0.3, 0.4) is 0 Å². The Hall–Kier alpha value is 0.497. The van der Waals surface area contributed by atoms with Crippen molar-refractivity contribution in [3.8, 4) is 0 Å². The summed E-state index contributed by atoms with van der Waals surface area (Å²) in [5.74, 6) is 0. The number of hydrogen-bond donors (Lipinski definition) is 0. The maximum Gasteiger partial charge on any atom is 0.264 e. The molecule has 72 valence electrons. The predicted octanol–water partition coefficient (Wildman–Crippen LogP) is 2.99. The van der Waals surface area contributed by atoms with Gasteiger partial charge in [0, 0.05) is 0 Å². The average Bonchev–Trinajstić information content (AvgIpc) is 1.96. The molecule has 0 saturated heterocycles. The number of hydrogen-bond acceptors (Lipinski definition) is 1. The molecule has 0 N–H and O–H groups in total. The van der Waals surface area contributed by atoms with E-state index in [0.29, 0.717) is 6.61 Å². The summed E-state index contributed by atoms with van der Waals surface area (Å²) in [5.41, 5.74) is 1.09. The summed E-state index contributed by atoms with van der Waals surface area (Å²) >= 11 is 11.7. The van der Waals surface area contributed by atoms with Gasteiger partial charge in [-0.3, -0.25) is 0 Å². The lowest BCUT2D eigenvalue weighted by atomic mass is 10.3. The summed E-state index contributed by atoms with van der Waals surface area (Å²) in [6.45, 7) is 8.36. The van der Waals surface area contributed by atoms with E-state index in [1.807, 2.05) is 6.92 Å². The molecule has 0 aromatic carbocycles. The molecule has 0 amide bonds. The van der Waals surface area contributed by atoms with Crippen LogP contribution in [0.4, 0.5) is 0 Å². The Morgan fingerprint density at radius 3 is 2.50 bits per heavy atom. The van der Waals surface area contributed by atoms with E-state index in [1.54, 1.807) is 0 Å². The first-order chi connectivity index (χ1) is 5.57. The second kappa shape index (κ2) is 6.95. The first kappa shape index (κ1) is 12.5. The SMILES string of the molecule is C=C(C)COC(CCC)[SiH](Cl)Cl. The third kappa shape index (κ3) is 6.06. The van der Waals surface area contributed by atoms with E-state index in [-0.39, 0.29) is 5.73 Å². The first-order valence-electron chi connectivity index (χ1n) is 4.12. The van der Waals surface area contributed by atoms with Crippen molar-refractivity contribution in [2.75, 3.05) is 6.61 Å². The zero-order valence-corrected chi connectivity index (χ0v) is 10.3. The van der Waals surface area contributed by atoms with Gasteiger partial charge in [0.05, 0.1) is 12.3 Å². The van der Waals surface area contributed by atoms with Crippen molar-refractivity contribution in [3.63, 3.8) is 0 Å². The van der Waals surface area contributed by atoms with E-state index in [2.05, 4.69) is 13.5 Å². The fourth-order valence-corrected chi connectivity index (χ4v) is 2.84. The van der Waals surface area contributed by atoms with Crippen LogP contribution in [0.5, 0.6) is 0 Å². The minimum atomic E-state index is -1.68. The van der Waals surface area contributed by atoms with Crippen LogP contribution < -0.4 is 0 Å². The first-order valence-corrected chi connectivity index (χ1v) is 8.27.